The zero-order valence-corrected chi connectivity index (χ0v) is 11.6. The van der Waals surface area contributed by atoms with Crippen LogP contribution in [-0.4, -0.2) is 31.1 Å². The summed E-state index contributed by atoms with van der Waals surface area (Å²) in [7, 11) is 1.70. The minimum absolute atomic E-state index is 0.645. The summed E-state index contributed by atoms with van der Waals surface area (Å²) >= 11 is 0. The van der Waals surface area contributed by atoms with Gasteiger partial charge in [0.2, 0.25) is 0 Å². The predicted molar refractivity (Wildman–Crippen MR) is 76.1 cm³/mol. The van der Waals surface area contributed by atoms with E-state index in [9.17, 15) is 0 Å². The average molecular weight is 258 g/mol. The van der Waals surface area contributed by atoms with Crippen molar-refractivity contribution in [1.82, 2.24) is 4.90 Å². The summed E-state index contributed by atoms with van der Waals surface area (Å²) in [5, 5.41) is 8.61. The molecule has 2 rings (SSSR count). The second kappa shape index (κ2) is 7.16. The molecule has 0 saturated carbocycles. The van der Waals surface area contributed by atoms with Crippen LogP contribution >= 0.6 is 0 Å². The summed E-state index contributed by atoms with van der Waals surface area (Å²) in [6.07, 6.45) is 5.34. The van der Waals surface area contributed by atoms with Gasteiger partial charge in [0.15, 0.2) is 0 Å². The van der Waals surface area contributed by atoms with Crippen LogP contribution in [0.3, 0.4) is 0 Å². The summed E-state index contributed by atoms with van der Waals surface area (Å²) < 4.78 is 5.18. The third kappa shape index (κ3) is 3.97. The van der Waals surface area contributed by atoms with Gasteiger partial charge in [0.1, 0.15) is 5.75 Å². The minimum Gasteiger partial charge on any atom is -0.497 e. The molecule has 0 spiro atoms. The number of ether oxygens (including phenoxy) is 1. The molecular weight excluding hydrogens is 236 g/mol. The molecule has 0 radical (unpaired) electrons. The van der Waals surface area contributed by atoms with Crippen LogP contribution in [0.2, 0.25) is 0 Å². The lowest BCUT2D eigenvalue weighted by Gasteiger charge is -2.24. The highest BCUT2D eigenvalue weighted by Crippen LogP contribution is 2.22. The fourth-order valence-electron chi connectivity index (χ4n) is 2.82. The minimum atomic E-state index is 0.645. The molecule has 102 valence electrons. The van der Waals surface area contributed by atoms with Gasteiger partial charge in [-0.3, -0.25) is 0 Å². The van der Waals surface area contributed by atoms with Gasteiger partial charge in [-0.2, -0.15) is 5.26 Å². The summed E-state index contributed by atoms with van der Waals surface area (Å²) in [6, 6.07) is 11.3. The SMILES string of the molecule is COc1ccc(C[C@@H]2CCCN2CCCC#N)cc1. The molecule has 0 amide bonds. The molecular formula is C16H22N2O. The first kappa shape index (κ1) is 13.9. The number of hydrogen-bond donors (Lipinski definition) is 0. The number of methoxy groups -OCH3 is 1. The van der Waals surface area contributed by atoms with Gasteiger partial charge in [0.25, 0.3) is 0 Å². The summed E-state index contributed by atoms with van der Waals surface area (Å²) in [6.45, 7) is 2.25. The van der Waals surface area contributed by atoms with Crippen LogP contribution in [0.1, 0.15) is 31.2 Å². The molecule has 0 aliphatic carbocycles. The number of rotatable bonds is 6. The van der Waals surface area contributed by atoms with Gasteiger partial charge < -0.3 is 9.64 Å². The maximum atomic E-state index is 8.61. The Balaban J connectivity index is 1.87. The highest BCUT2D eigenvalue weighted by atomic mass is 16.5. The molecule has 0 unspecified atom stereocenters. The maximum Gasteiger partial charge on any atom is 0.118 e. The van der Waals surface area contributed by atoms with Crippen molar-refractivity contribution in [2.45, 2.75) is 38.1 Å². The van der Waals surface area contributed by atoms with Crippen LogP contribution in [0.5, 0.6) is 5.75 Å². The predicted octanol–water partition coefficient (Wildman–Crippen LogP) is 3.01. The van der Waals surface area contributed by atoms with Gasteiger partial charge in [-0.1, -0.05) is 12.1 Å². The van der Waals surface area contributed by atoms with Crippen LogP contribution < -0.4 is 4.74 Å². The van der Waals surface area contributed by atoms with E-state index < -0.39 is 0 Å². The zero-order valence-electron chi connectivity index (χ0n) is 11.6. The summed E-state index contributed by atoms with van der Waals surface area (Å²) in [5.74, 6) is 0.918. The van der Waals surface area contributed by atoms with E-state index in [0.29, 0.717) is 12.5 Å². The van der Waals surface area contributed by atoms with Gasteiger partial charge in [-0.15, -0.1) is 0 Å². The molecule has 0 N–H and O–H groups in total. The monoisotopic (exact) mass is 258 g/mol. The van der Waals surface area contributed by atoms with E-state index in [1.807, 2.05) is 12.1 Å². The number of likely N-dealkylation sites (tertiary alicyclic amines) is 1. The van der Waals surface area contributed by atoms with Gasteiger partial charge >= 0.3 is 0 Å². The quantitative estimate of drug-likeness (QED) is 0.736. The van der Waals surface area contributed by atoms with Crippen molar-refractivity contribution in [2.75, 3.05) is 20.2 Å². The number of unbranched alkanes of at least 4 members (excludes halogenated alkanes) is 1. The Hall–Kier alpha value is -1.53. The average Bonchev–Trinajstić information content (AvgIpc) is 2.87. The topological polar surface area (TPSA) is 36.3 Å². The second-order valence-corrected chi connectivity index (χ2v) is 5.15. The number of nitriles is 1. The lowest BCUT2D eigenvalue weighted by Crippen LogP contribution is -2.32. The van der Waals surface area contributed by atoms with Crippen molar-refractivity contribution in [3.8, 4) is 11.8 Å². The Kier molecular flexibility index (Phi) is 5.23. The fraction of sp³-hybridized carbons (Fsp3) is 0.562. The highest BCUT2D eigenvalue weighted by molar-refractivity contribution is 5.27. The summed E-state index contributed by atoms with van der Waals surface area (Å²) in [4.78, 5) is 2.54. The smallest absolute Gasteiger partial charge is 0.118 e. The molecule has 1 fully saturated rings. The maximum absolute atomic E-state index is 8.61. The Morgan fingerprint density at radius 3 is 2.84 bits per heavy atom. The molecule has 0 aromatic heterocycles. The summed E-state index contributed by atoms with van der Waals surface area (Å²) in [5.41, 5.74) is 1.37. The van der Waals surface area contributed by atoms with Gasteiger partial charge in [0.05, 0.1) is 13.2 Å². The van der Waals surface area contributed by atoms with Gasteiger partial charge in [-0.05, 0) is 56.5 Å². The second-order valence-electron chi connectivity index (χ2n) is 5.15. The molecule has 3 nitrogen and oxygen atoms in total. The van der Waals surface area contributed by atoms with Gasteiger partial charge in [0, 0.05) is 12.5 Å². The van der Waals surface area contributed by atoms with E-state index in [4.69, 9.17) is 10.00 Å². The van der Waals surface area contributed by atoms with E-state index in [-0.39, 0.29) is 0 Å². The number of benzene rings is 1. The molecule has 0 bridgehead atoms. The number of nitrogens with zero attached hydrogens (tertiary/aromatic N) is 2. The van der Waals surface area contributed by atoms with E-state index in [1.54, 1.807) is 7.11 Å². The van der Waals surface area contributed by atoms with Crippen molar-refractivity contribution in [2.24, 2.45) is 0 Å². The number of hydrogen-bond acceptors (Lipinski definition) is 3. The van der Waals surface area contributed by atoms with Crippen LogP contribution in [0.15, 0.2) is 24.3 Å². The van der Waals surface area contributed by atoms with Crippen LogP contribution in [0.4, 0.5) is 0 Å². The standard InChI is InChI=1S/C16H22N2O/c1-19-16-8-6-14(7-9-16)13-15-5-4-12-18(15)11-3-2-10-17/h6-9,15H,2-5,11-13H2,1H3/t15-/m0/s1. The largest absolute Gasteiger partial charge is 0.497 e. The molecule has 1 aliphatic rings. The van der Waals surface area contributed by atoms with E-state index in [2.05, 4.69) is 23.1 Å². The third-order valence-electron chi connectivity index (χ3n) is 3.86. The van der Waals surface area contributed by atoms with Crippen molar-refractivity contribution < 1.29 is 4.74 Å². The van der Waals surface area contributed by atoms with Crippen molar-refractivity contribution in [1.29, 1.82) is 5.26 Å². The highest BCUT2D eigenvalue weighted by Gasteiger charge is 2.23. The Labute approximate surface area is 115 Å². The molecule has 3 heteroatoms. The van der Waals surface area contributed by atoms with Gasteiger partial charge in [-0.25, -0.2) is 0 Å². The van der Waals surface area contributed by atoms with E-state index in [0.717, 1.165) is 25.1 Å². The lowest BCUT2D eigenvalue weighted by molar-refractivity contribution is 0.250. The van der Waals surface area contributed by atoms with Crippen LogP contribution in [0, 0.1) is 11.3 Å². The molecule has 1 aromatic rings. The third-order valence-corrected chi connectivity index (χ3v) is 3.86. The normalized spacial score (nSPS) is 19.3. The molecule has 1 atom stereocenters. The molecule has 1 aliphatic heterocycles. The van der Waals surface area contributed by atoms with Crippen molar-refractivity contribution >= 4 is 0 Å². The van der Waals surface area contributed by atoms with Crippen LogP contribution in [0.25, 0.3) is 0 Å². The molecule has 19 heavy (non-hydrogen) atoms. The van der Waals surface area contributed by atoms with Crippen molar-refractivity contribution in [3.05, 3.63) is 29.8 Å². The first-order chi connectivity index (χ1) is 9.33. The van der Waals surface area contributed by atoms with Crippen LogP contribution in [-0.2, 0) is 6.42 Å². The first-order valence-corrected chi connectivity index (χ1v) is 7.07. The zero-order chi connectivity index (χ0) is 13.5. The fourth-order valence-corrected chi connectivity index (χ4v) is 2.82. The Bertz CT molecular complexity index is 421. The lowest BCUT2D eigenvalue weighted by atomic mass is 10.0. The van der Waals surface area contributed by atoms with Crippen molar-refractivity contribution in [3.63, 3.8) is 0 Å². The molecule has 1 saturated heterocycles. The first-order valence-electron chi connectivity index (χ1n) is 7.07. The van der Waals surface area contributed by atoms with E-state index in [1.165, 1.54) is 24.9 Å². The van der Waals surface area contributed by atoms with E-state index >= 15 is 0 Å². The molecule has 1 aromatic carbocycles. The Morgan fingerprint density at radius 2 is 2.16 bits per heavy atom. The molecule has 1 heterocycles. The Morgan fingerprint density at radius 1 is 1.37 bits per heavy atom.